The lowest BCUT2D eigenvalue weighted by Gasteiger charge is -2.14. The van der Waals surface area contributed by atoms with E-state index in [2.05, 4.69) is 4.72 Å². The lowest BCUT2D eigenvalue weighted by atomic mass is 10.0. The van der Waals surface area contributed by atoms with Crippen molar-refractivity contribution in [3.63, 3.8) is 0 Å². The first-order chi connectivity index (χ1) is 8.94. The smallest absolute Gasteiger partial charge is 0.242 e. The van der Waals surface area contributed by atoms with E-state index in [0.29, 0.717) is 18.0 Å². The number of rotatable bonds is 7. The van der Waals surface area contributed by atoms with E-state index in [4.69, 9.17) is 16.7 Å². The molecule has 0 aromatic heterocycles. The Hall–Kier alpha value is -0.620. The topological polar surface area (TPSA) is 66.4 Å². The van der Waals surface area contributed by atoms with Crippen molar-refractivity contribution in [1.29, 1.82) is 0 Å². The number of hydrogen-bond acceptors (Lipinski definition) is 3. The summed E-state index contributed by atoms with van der Waals surface area (Å²) >= 11 is 5.92. The van der Waals surface area contributed by atoms with Crippen molar-refractivity contribution in [3.05, 3.63) is 28.8 Å². The van der Waals surface area contributed by atoms with E-state index < -0.39 is 10.0 Å². The van der Waals surface area contributed by atoms with Crippen molar-refractivity contribution in [1.82, 2.24) is 4.72 Å². The van der Waals surface area contributed by atoms with Crippen LogP contribution < -0.4 is 4.72 Å². The molecule has 1 rings (SSSR count). The fourth-order valence-corrected chi connectivity index (χ4v) is 3.40. The van der Waals surface area contributed by atoms with Crippen LogP contribution in [0.25, 0.3) is 0 Å². The first-order valence-electron chi connectivity index (χ1n) is 6.33. The molecule has 1 aromatic rings. The van der Waals surface area contributed by atoms with Gasteiger partial charge in [-0.1, -0.05) is 44.4 Å². The molecular weight excluding hydrogens is 286 g/mol. The van der Waals surface area contributed by atoms with E-state index in [1.165, 1.54) is 12.1 Å². The predicted octanol–water partition coefficient (Wildman–Crippen LogP) is 2.55. The Bertz CT molecular complexity index is 513. The summed E-state index contributed by atoms with van der Waals surface area (Å²) in [6, 6.07) is 4.48. The van der Waals surface area contributed by atoms with Crippen LogP contribution in [0.15, 0.2) is 23.1 Å². The van der Waals surface area contributed by atoms with Gasteiger partial charge >= 0.3 is 0 Å². The predicted molar refractivity (Wildman–Crippen MR) is 76.6 cm³/mol. The summed E-state index contributed by atoms with van der Waals surface area (Å²) < 4.78 is 26.9. The average Bonchev–Trinajstić information content (AvgIpc) is 2.40. The highest BCUT2D eigenvalue weighted by atomic mass is 35.5. The molecule has 0 spiro atoms. The van der Waals surface area contributed by atoms with Crippen LogP contribution in [0.5, 0.6) is 0 Å². The van der Waals surface area contributed by atoms with E-state index in [1.54, 1.807) is 6.07 Å². The van der Waals surface area contributed by atoms with Crippen molar-refractivity contribution in [2.75, 3.05) is 6.54 Å². The van der Waals surface area contributed by atoms with Gasteiger partial charge in [0, 0.05) is 6.54 Å². The first-order valence-corrected chi connectivity index (χ1v) is 8.19. The molecule has 19 heavy (non-hydrogen) atoms. The fourth-order valence-electron chi connectivity index (χ4n) is 1.73. The number of halogens is 1. The normalized spacial score (nSPS) is 12.1. The maximum atomic E-state index is 12.2. The lowest BCUT2D eigenvalue weighted by molar-refractivity contribution is 0.281. The van der Waals surface area contributed by atoms with Gasteiger partial charge in [0.15, 0.2) is 0 Å². The SMILES string of the molecule is CCC(CC)CNS(=O)(=O)c1cc(CO)ccc1Cl. The first kappa shape index (κ1) is 16.4. The summed E-state index contributed by atoms with van der Waals surface area (Å²) in [5.41, 5.74) is 0.521. The van der Waals surface area contributed by atoms with Crippen LogP contribution in [0.1, 0.15) is 32.3 Å². The fraction of sp³-hybridized carbons (Fsp3) is 0.538. The molecule has 0 radical (unpaired) electrons. The van der Waals surface area contributed by atoms with Gasteiger partial charge in [-0.05, 0) is 23.6 Å². The second-order valence-electron chi connectivity index (χ2n) is 4.46. The number of aliphatic hydroxyl groups excluding tert-OH is 1. The van der Waals surface area contributed by atoms with Gasteiger partial charge in [-0.3, -0.25) is 0 Å². The zero-order chi connectivity index (χ0) is 14.5. The van der Waals surface area contributed by atoms with Crippen molar-refractivity contribution in [2.45, 2.75) is 38.2 Å². The summed E-state index contributed by atoms with van der Waals surface area (Å²) in [6.07, 6.45) is 1.84. The third-order valence-corrected chi connectivity index (χ3v) is 5.09. The molecule has 0 aliphatic carbocycles. The van der Waals surface area contributed by atoms with Crippen LogP contribution in [-0.4, -0.2) is 20.1 Å². The molecule has 4 nitrogen and oxygen atoms in total. The zero-order valence-electron chi connectivity index (χ0n) is 11.2. The largest absolute Gasteiger partial charge is 0.392 e. The van der Waals surface area contributed by atoms with Crippen LogP contribution in [0, 0.1) is 5.92 Å². The Morgan fingerprint density at radius 3 is 2.47 bits per heavy atom. The van der Waals surface area contributed by atoms with Gasteiger partial charge in [0.05, 0.1) is 11.6 Å². The summed E-state index contributed by atoms with van der Waals surface area (Å²) in [6.45, 7) is 4.24. The molecule has 0 bridgehead atoms. The molecular formula is C13H20ClNO3S. The third-order valence-electron chi connectivity index (χ3n) is 3.18. The molecule has 1 aromatic carbocycles. The minimum Gasteiger partial charge on any atom is -0.392 e. The average molecular weight is 306 g/mol. The van der Waals surface area contributed by atoms with Gasteiger partial charge in [-0.15, -0.1) is 0 Å². The molecule has 0 atom stereocenters. The second kappa shape index (κ2) is 7.24. The maximum absolute atomic E-state index is 12.2. The molecule has 0 amide bonds. The highest BCUT2D eigenvalue weighted by molar-refractivity contribution is 7.89. The molecule has 0 fully saturated rings. The van der Waals surface area contributed by atoms with Crippen LogP contribution in [0.4, 0.5) is 0 Å². The van der Waals surface area contributed by atoms with Crippen molar-refractivity contribution in [2.24, 2.45) is 5.92 Å². The molecule has 0 aliphatic rings. The molecule has 2 N–H and O–H groups in total. The number of hydrogen-bond donors (Lipinski definition) is 2. The van der Waals surface area contributed by atoms with Gasteiger partial charge in [0.1, 0.15) is 4.90 Å². The summed E-state index contributed by atoms with van der Waals surface area (Å²) in [4.78, 5) is 0.0201. The Labute approximate surface area is 119 Å². The monoisotopic (exact) mass is 305 g/mol. The minimum absolute atomic E-state index is 0.0201. The summed E-state index contributed by atoms with van der Waals surface area (Å²) in [5.74, 6) is 0.314. The number of nitrogens with one attached hydrogen (secondary N) is 1. The van der Waals surface area contributed by atoms with Crippen LogP contribution in [-0.2, 0) is 16.6 Å². The lowest BCUT2D eigenvalue weighted by Crippen LogP contribution is -2.29. The number of aliphatic hydroxyl groups is 1. The second-order valence-corrected chi connectivity index (χ2v) is 6.60. The highest BCUT2D eigenvalue weighted by Gasteiger charge is 2.19. The van der Waals surface area contributed by atoms with E-state index in [0.717, 1.165) is 12.8 Å². The van der Waals surface area contributed by atoms with Gasteiger partial charge in [-0.25, -0.2) is 13.1 Å². The Morgan fingerprint density at radius 2 is 1.95 bits per heavy atom. The third kappa shape index (κ3) is 4.45. The summed E-state index contributed by atoms with van der Waals surface area (Å²) in [7, 11) is -3.63. The maximum Gasteiger partial charge on any atom is 0.242 e. The Balaban J connectivity index is 2.93. The van der Waals surface area contributed by atoms with Crippen molar-refractivity contribution >= 4 is 21.6 Å². The van der Waals surface area contributed by atoms with E-state index in [-0.39, 0.29) is 16.5 Å². The van der Waals surface area contributed by atoms with Crippen LogP contribution in [0.3, 0.4) is 0 Å². The molecule has 0 saturated heterocycles. The standard InChI is InChI=1S/C13H20ClNO3S/c1-3-10(4-2)8-15-19(17,18)13-7-11(9-16)5-6-12(13)14/h5-7,10,15-16H,3-4,8-9H2,1-2H3. The van der Waals surface area contributed by atoms with Crippen molar-refractivity contribution in [3.8, 4) is 0 Å². The molecule has 0 heterocycles. The minimum atomic E-state index is -3.63. The molecule has 6 heteroatoms. The van der Waals surface area contributed by atoms with E-state index in [9.17, 15) is 8.42 Å². The quantitative estimate of drug-likeness (QED) is 0.813. The van der Waals surface area contributed by atoms with Gasteiger partial charge < -0.3 is 5.11 Å². The molecule has 108 valence electrons. The van der Waals surface area contributed by atoms with Gasteiger partial charge in [0.25, 0.3) is 0 Å². The Kier molecular flexibility index (Phi) is 6.26. The van der Waals surface area contributed by atoms with Crippen molar-refractivity contribution < 1.29 is 13.5 Å². The summed E-state index contributed by atoms with van der Waals surface area (Å²) in [5, 5.41) is 9.22. The number of sulfonamides is 1. The number of benzene rings is 1. The Morgan fingerprint density at radius 1 is 1.32 bits per heavy atom. The van der Waals surface area contributed by atoms with Gasteiger partial charge in [-0.2, -0.15) is 0 Å². The van der Waals surface area contributed by atoms with Gasteiger partial charge in [0.2, 0.25) is 10.0 Å². The zero-order valence-corrected chi connectivity index (χ0v) is 12.8. The van der Waals surface area contributed by atoms with E-state index >= 15 is 0 Å². The molecule has 0 aliphatic heterocycles. The van der Waals surface area contributed by atoms with Crippen LogP contribution in [0.2, 0.25) is 5.02 Å². The van der Waals surface area contributed by atoms with Crippen LogP contribution >= 0.6 is 11.6 Å². The van der Waals surface area contributed by atoms with E-state index in [1.807, 2.05) is 13.8 Å². The highest BCUT2D eigenvalue weighted by Crippen LogP contribution is 2.23. The molecule has 0 unspecified atom stereocenters. The molecule has 0 saturated carbocycles.